The third kappa shape index (κ3) is 3.87. The number of ketones is 1. The normalized spacial score (nSPS) is 10.4. The largest absolute Gasteiger partial charge is 0.340 e. The van der Waals surface area contributed by atoms with Crippen LogP contribution in [-0.4, -0.2) is 10.8 Å². The van der Waals surface area contributed by atoms with Crippen molar-refractivity contribution in [1.82, 2.24) is 4.98 Å². The van der Waals surface area contributed by atoms with Gasteiger partial charge >= 0.3 is 0 Å². The Morgan fingerprint density at radius 3 is 2.38 bits per heavy atom. The van der Waals surface area contributed by atoms with Gasteiger partial charge in [-0.15, -0.1) is 0 Å². The molecule has 0 aliphatic carbocycles. The second-order valence-electron chi connectivity index (χ2n) is 5.94. The molecule has 0 aliphatic heterocycles. The minimum Gasteiger partial charge on any atom is -0.340 e. The molecule has 24 heavy (non-hydrogen) atoms. The van der Waals surface area contributed by atoms with Crippen LogP contribution in [-0.2, 0) is 11.2 Å². The number of pyridine rings is 1. The summed E-state index contributed by atoms with van der Waals surface area (Å²) in [5.41, 5.74) is 5.41. The maximum Gasteiger partial charge on any atom is 0.134 e. The van der Waals surface area contributed by atoms with E-state index in [0.29, 0.717) is 6.42 Å². The standard InChI is InChI=1S/C21H20N2O/c1-15-12-18(9-8-17(15)13-16(2)24)19-10-11-21(22-14-19)23-20-6-4-3-5-7-20/h3-12,14H,13H2,1-2H3,(H,22,23). The van der Waals surface area contributed by atoms with E-state index in [1.807, 2.05) is 61.7 Å². The molecule has 3 nitrogen and oxygen atoms in total. The number of hydrogen-bond donors (Lipinski definition) is 1. The molecule has 3 aromatic rings. The minimum absolute atomic E-state index is 0.184. The highest BCUT2D eigenvalue weighted by Crippen LogP contribution is 2.24. The van der Waals surface area contributed by atoms with Crippen molar-refractivity contribution in [3.63, 3.8) is 0 Å². The average Bonchev–Trinajstić information content (AvgIpc) is 2.58. The van der Waals surface area contributed by atoms with E-state index in [1.54, 1.807) is 6.92 Å². The second kappa shape index (κ2) is 7.09. The van der Waals surface area contributed by atoms with Crippen LogP contribution in [0.15, 0.2) is 66.9 Å². The Balaban J connectivity index is 1.78. The SMILES string of the molecule is CC(=O)Cc1ccc(-c2ccc(Nc3ccccc3)nc2)cc1C. The molecule has 0 bridgehead atoms. The number of rotatable bonds is 5. The number of carbonyl (C=O) groups is 1. The van der Waals surface area contributed by atoms with Crippen molar-refractivity contribution < 1.29 is 4.79 Å². The molecule has 0 radical (unpaired) electrons. The molecule has 1 N–H and O–H groups in total. The van der Waals surface area contributed by atoms with Crippen molar-refractivity contribution in [2.75, 3.05) is 5.32 Å². The molecule has 3 heteroatoms. The molecule has 0 unspecified atom stereocenters. The van der Waals surface area contributed by atoms with E-state index < -0.39 is 0 Å². The van der Waals surface area contributed by atoms with E-state index in [4.69, 9.17) is 0 Å². The summed E-state index contributed by atoms with van der Waals surface area (Å²) in [5, 5.41) is 3.28. The van der Waals surface area contributed by atoms with Crippen molar-refractivity contribution in [1.29, 1.82) is 0 Å². The van der Waals surface area contributed by atoms with Gasteiger partial charge in [0.1, 0.15) is 11.6 Å². The van der Waals surface area contributed by atoms with Crippen molar-refractivity contribution in [3.05, 3.63) is 78.0 Å². The summed E-state index contributed by atoms with van der Waals surface area (Å²) in [7, 11) is 0. The number of nitrogens with zero attached hydrogens (tertiary/aromatic N) is 1. The van der Waals surface area contributed by atoms with E-state index in [-0.39, 0.29) is 5.78 Å². The average molecular weight is 316 g/mol. The Kier molecular flexibility index (Phi) is 4.71. The molecule has 1 heterocycles. The summed E-state index contributed by atoms with van der Waals surface area (Å²) in [6, 6.07) is 20.2. The van der Waals surface area contributed by atoms with Crippen LogP contribution in [0.3, 0.4) is 0 Å². The lowest BCUT2D eigenvalue weighted by Crippen LogP contribution is -1.99. The van der Waals surface area contributed by atoms with Crippen LogP contribution >= 0.6 is 0 Å². The van der Waals surface area contributed by atoms with Crippen LogP contribution in [0.2, 0.25) is 0 Å². The highest BCUT2D eigenvalue weighted by atomic mass is 16.1. The molecule has 120 valence electrons. The Bertz CT molecular complexity index is 839. The van der Waals surface area contributed by atoms with Crippen LogP contribution in [0.25, 0.3) is 11.1 Å². The van der Waals surface area contributed by atoms with Gasteiger partial charge in [-0.3, -0.25) is 4.79 Å². The molecule has 1 aromatic heterocycles. The summed E-state index contributed by atoms with van der Waals surface area (Å²) < 4.78 is 0. The van der Waals surface area contributed by atoms with E-state index in [9.17, 15) is 4.79 Å². The predicted molar refractivity (Wildman–Crippen MR) is 98.5 cm³/mol. The number of aromatic nitrogens is 1. The molecule has 0 aliphatic rings. The van der Waals surface area contributed by atoms with Gasteiger partial charge in [-0.05, 0) is 54.8 Å². The smallest absolute Gasteiger partial charge is 0.134 e. The van der Waals surface area contributed by atoms with Gasteiger partial charge in [0, 0.05) is 23.9 Å². The van der Waals surface area contributed by atoms with Gasteiger partial charge in [0.25, 0.3) is 0 Å². The van der Waals surface area contributed by atoms with E-state index in [0.717, 1.165) is 33.8 Å². The molecule has 0 fully saturated rings. The third-order valence-electron chi connectivity index (χ3n) is 3.93. The fraction of sp³-hybridized carbons (Fsp3) is 0.143. The van der Waals surface area contributed by atoms with Crippen LogP contribution < -0.4 is 5.32 Å². The number of hydrogen-bond acceptors (Lipinski definition) is 3. The molecule has 3 rings (SSSR count). The van der Waals surface area contributed by atoms with Gasteiger partial charge in [0.15, 0.2) is 0 Å². The van der Waals surface area contributed by atoms with E-state index in [2.05, 4.69) is 22.4 Å². The van der Waals surface area contributed by atoms with Crippen molar-refractivity contribution in [2.45, 2.75) is 20.3 Å². The van der Waals surface area contributed by atoms with Gasteiger partial charge in [-0.1, -0.05) is 36.4 Å². The Labute approximate surface area is 142 Å². The summed E-state index contributed by atoms with van der Waals surface area (Å²) in [5.74, 6) is 0.999. The fourth-order valence-electron chi connectivity index (χ4n) is 2.65. The van der Waals surface area contributed by atoms with Crippen molar-refractivity contribution in [2.24, 2.45) is 0 Å². The van der Waals surface area contributed by atoms with Gasteiger partial charge in [-0.2, -0.15) is 0 Å². The summed E-state index contributed by atoms with van der Waals surface area (Å²) >= 11 is 0. The first kappa shape index (κ1) is 15.9. The number of benzene rings is 2. The quantitative estimate of drug-likeness (QED) is 0.725. The lowest BCUT2D eigenvalue weighted by molar-refractivity contribution is -0.116. The highest BCUT2D eigenvalue weighted by Gasteiger charge is 2.05. The number of anilines is 2. The van der Waals surface area contributed by atoms with Crippen LogP contribution in [0.1, 0.15) is 18.1 Å². The van der Waals surface area contributed by atoms with E-state index in [1.165, 1.54) is 0 Å². The zero-order chi connectivity index (χ0) is 16.9. The number of aryl methyl sites for hydroxylation is 1. The molecule has 0 atom stereocenters. The Hall–Kier alpha value is -2.94. The molecule has 2 aromatic carbocycles. The first-order valence-electron chi connectivity index (χ1n) is 7.99. The van der Waals surface area contributed by atoms with Crippen molar-refractivity contribution in [3.8, 4) is 11.1 Å². The summed E-state index contributed by atoms with van der Waals surface area (Å²) in [4.78, 5) is 15.8. The molecular weight excluding hydrogens is 296 g/mol. The molecule has 0 spiro atoms. The zero-order valence-corrected chi connectivity index (χ0v) is 13.9. The number of nitrogens with one attached hydrogen (secondary N) is 1. The Morgan fingerprint density at radius 1 is 1.00 bits per heavy atom. The highest BCUT2D eigenvalue weighted by molar-refractivity contribution is 5.79. The van der Waals surface area contributed by atoms with Crippen LogP contribution in [0, 0.1) is 6.92 Å². The van der Waals surface area contributed by atoms with Gasteiger partial charge in [0.2, 0.25) is 0 Å². The molecular formula is C21H20N2O. The number of Topliss-reactive ketones (excluding diaryl/α,β-unsaturated/α-hetero) is 1. The lowest BCUT2D eigenvalue weighted by Gasteiger charge is -2.09. The van der Waals surface area contributed by atoms with Crippen LogP contribution in [0.4, 0.5) is 11.5 Å². The zero-order valence-electron chi connectivity index (χ0n) is 13.9. The third-order valence-corrected chi connectivity index (χ3v) is 3.93. The second-order valence-corrected chi connectivity index (χ2v) is 5.94. The predicted octanol–water partition coefficient (Wildman–Crippen LogP) is 4.93. The maximum atomic E-state index is 11.3. The first-order valence-corrected chi connectivity index (χ1v) is 7.99. The van der Waals surface area contributed by atoms with Crippen molar-refractivity contribution >= 4 is 17.3 Å². The first-order chi connectivity index (χ1) is 11.6. The van der Waals surface area contributed by atoms with Gasteiger partial charge < -0.3 is 5.32 Å². The molecule has 0 saturated heterocycles. The minimum atomic E-state index is 0.184. The topological polar surface area (TPSA) is 42.0 Å². The molecule has 0 amide bonds. The number of para-hydroxylation sites is 1. The van der Waals surface area contributed by atoms with Gasteiger partial charge in [0.05, 0.1) is 0 Å². The number of carbonyl (C=O) groups excluding carboxylic acids is 1. The summed E-state index contributed by atoms with van der Waals surface area (Å²) in [6.45, 7) is 3.66. The monoisotopic (exact) mass is 316 g/mol. The van der Waals surface area contributed by atoms with Gasteiger partial charge in [-0.25, -0.2) is 4.98 Å². The maximum absolute atomic E-state index is 11.3. The Morgan fingerprint density at radius 2 is 1.75 bits per heavy atom. The van der Waals surface area contributed by atoms with Crippen LogP contribution in [0.5, 0.6) is 0 Å². The summed E-state index contributed by atoms with van der Waals surface area (Å²) in [6.07, 6.45) is 2.36. The van der Waals surface area contributed by atoms with E-state index >= 15 is 0 Å². The molecule has 0 saturated carbocycles. The lowest BCUT2D eigenvalue weighted by atomic mass is 9.98. The fourth-order valence-corrected chi connectivity index (χ4v) is 2.65.